The molecular formula is C32H39FN4O6. The number of carbonyl (C=O) groups is 4. The van der Waals surface area contributed by atoms with Gasteiger partial charge in [-0.2, -0.15) is 0 Å². The second-order valence-corrected chi connectivity index (χ2v) is 11.3. The predicted octanol–water partition coefficient (Wildman–Crippen LogP) is 3.84. The second kappa shape index (κ2) is 14.8. The fraction of sp³-hybridized carbons (Fsp3) is 0.438. The Morgan fingerprint density at radius 3 is 2.56 bits per heavy atom. The Labute approximate surface area is 249 Å². The number of aromatic amines is 1. The molecule has 1 fully saturated rings. The highest BCUT2D eigenvalue weighted by molar-refractivity contribution is 5.91. The number of carboxylic acid groups (broad SMARTS) is 1. The van der Waals surface area contributed by atoms with Crippen LogP contribution in [-0.2, 0) is 32.0 Å². The molecule has 0 bridgehead atoms. The number of carbonyl (C=O) groups excluding carboxylic acids is 3. The topological polar surface area (TPSA) is 150 Å². The van der Waals surface area contributed by atoms with E-state index in [9.17, 15) is 28.7 Å². The lowest BCUT2D eigenvalue weighted by atomic mass is 9.90. The van der Waals surface area contributed by atoms with Crippen molar-refractivity contribution in [2.24, 2.45) is 0 Å². The van der Waals surface area contributed by atoms with E-state index < -0.39 is 47.9 Å². The van der Waals surface area contributed by atoms with Gasteiger partial charge in [-0.25, -0.2) is 9.18 Å². The number of rotatable bonds is 14. The predicted molar refractivity (Wildman–Crippen MR) is 159 cm³/mol. The molecule has 4 rings (SSSR count). The van der Waals surface area contributed by atoms with Crippen LogP contribution in [0.5, 0.6) is 0 Å². The number of hydrogen-bond donors (Lipinski definition) is 5. The SMILES string of the molecule is CC(Cc1c[nH]c2ccccc12)(NC(=O)OC1CCCCC1F)C(=O)NC(CNC(CC=O)C(=O)O)Cc1ccccc1. The summed E-state index contributed by atoms with van der Waals surface area (Å²) in [5, 5.41) is 19.0. The number of carboxylic acids is 1. The Bertz CT molecular complexity index is 1400. The minimum absolute atomic E-state index is 0.0463. The van der Waals surface area contributed by atoms with E-state index in [-0.39, 0.29) is 19.4 Å². The molecule has 43 heavy (non-hydrogen) atoms. The molecule has 0 aliphatic heterocycles. The minimum atomic E-state index is -1.52. The Morgan fingerprint density at radius 1 is 1.12 bits per heavy atom. The maximum atomic E-state index is 14.5. The van der Waals surface area contributed by atoms with Crippen molar-refractivity contribution in [3.8, 4) is 0 Å². The maximum Gasteiger partial charge on any atom is 0.408 e. The quantitative estimate of drug-likeness (QED) is 0.178. The summed E-state index contributed by atoms with van der Waals surface area (Å²) in [5.74, 6) is -1.71. The summed E-state index contributed by atoms with van der Waals surface area (Å²) in [4.78, 5) is 53.0. The van der Waals surface area contributed by atoms with Crippen LogP contribution in [-0.4, -0.2) is 70.8 Å². The van der Waals surface area contributed by atoms with E-state index in [0.717, 1.165) is 34.9 Å². The number of H-pyrrole nitrogens is 1. The van der Waals surface area contributed by atoms with Crippen LogP contribution in [0.2, 0.25) is 0 Å². The van der Waals surface area contributed by atoms with E-state index in [0.29, 0.717) is 25.5 Å². The normalized spacial score (nSPS) is 19.5. The second-order valence-electron chi connectivity index (χ2n) is 11.3. The average Bonchev–Trinajstić information content (AvgIpc) is 3.38. The van der Waals surface area contributed by atoms with Crippen LogP contribution in [0.25, 0.3) is 10.9 Å². The molecule has 0 saturated heterocycles. The number of nitrogens with one attached hydrogen (secondary N) is 4. The number of aliphatic carboxylic acids is 1. The Kier molecular flexibility index (Phi) is 10.9. The fourth-order valence-electron chi connectivity index (χ4n) is 5.49. The van der Waals surface area contributed by atoms with Crippen molar-refractivity contribution in [2.45, 2.75) is 81.8 Å². The van der Waals surface area contributed by atoms with Gasteiger partial charge in [-0.05, 0) is 49.8 Å². The first-order valence-corrected chi connectivity index (χ1v) is 14.6. The number of fused-ring (bicyclic) bond motifs is 1. The molecular weight excluding hydrogens is 555 g/mol. The third-order valence-electron chi connectivity index (χ3n) is 7.88. The highest BCUT2D eigenvalue weighted by atomic mass is 19.1. The van der Waals surface area contributed by atoms with Crippen molar-refractivity contribution < 1.29 is 33.4 Å². The minimum Gasteiger partial charge on any atom is -0.480 e. The number of amides is 2. The van der Waals surface area contributed by atoms with Crippen molar-refractivity contribution >= 4 is 35.2 Å². The van der Waals surface area contributed by atoms with E-state index in [1.54, 1.807) is 13.1 Å². The molecule has 5 unspecified atom stereocenters. The standard InChI is InChI=1S/C32H39FN4O6/c1-32(18-22-19-34-26-13-7-5-11-24(22)26,37-31(42)43-28-14-8-6-12-25(28)33)30(41)36-23(17-21-9-3-2-4-10-21)20-35-27(15-16-38)29(39)40/h2-5,7,9-11,13,16,19,23,25,27-28,34-35H,6,8,12,14-15,17-18,20H2,1H3,(H,36,41)(H,37,42)(H,39,40). The number of alkyl halides is 1. The molecule has 2 amide bonds. The Hall–Kier alpha value is -4.25. The van der Waals surface area contributed by atoms with Gasteiger partial charge in [0.1, 0.15) is 30.1 Å². The highest BCUT2D eigenvalue weighted by Crippen LogP contribution is 2.26. The van der Waals surface area contributed by atoms with Crippen molar-refractivity contribution in [1.82, 2.24) is 20.9 Å². The first-order valence-electron chi connectivity index (χ1n) is 14.6. The molecule has 11 heteroatoms. The molecule has 1 aromatic heterocycles. The molecule has 0 radical (unpaired) electrons. The molecule has 3 aromatic rings. The number of benzene rings is 2. The summed E-state index contributed by atoms with van der Waals surface area (Å²) in [6, 6.07) is 15.2. The molecule has 1 aliphatic carbocycles. The van der Waals surface area contributed by atoms with Crippen LogP contribution in [0.4, 0.5) is 9.18 Å². The lowest BCUT2D eigenvalue weighted by Crippen LogP contribution is -2.61. The van der Waals surface area contributed by atoms with Crippen LogP contribution in [0.15, 0.2) is 60.8 Å². The van der Waals surface area contributed by atoms with Gasteiger partial charge in [0.25, 0.3) is 0 Å². The van der Waals surface area contributed by atoms with E-state index in [4.69, 9.17) is 4.74 Å². The maximum absolute atomic E-state index is 14.5. The van der Waals surface area contributed by atoms with Crippen molar-refractivity contribution in [2.75, 3.05) is 6.54 Å². The van der Waals surface area contributed by atoms with Crippen LogP contribution in [0.1, 0.15) is 50.2 Å². The van der Waals surface area contributed by atoms with Gasteiger partial charge in [0.15, 0.2) is 0 Å². The summed E-state index contributed by atoms with van der Waals surface area (Å²) in [7, 11) is 0. The zero-order chi connectivity index (χ0) is 30.8. The zero-order valence-corrected chi connectivity index (χ0v) is 24.2. The number of ether oxygens (including phenoxy) is 1. The number of aromatic nitrogens is 1. The number of hydrogen-bond acceptors (Lipinski definition) is 6. The summed E-state index contributed by atoms with van der Waals surface area (Å²) in [5.41, 5.74) is 1.02. The monoisotopic (exact) mass is 594 g/mol. The van der Waals surface area contributed by atoms with Crippen molar-refractivity contribution in [1.29, 1.82) is 0 Å². The van der Waals surface area contributed by atoms with Crippen LogP contribution in [0.3, 0.4) is 0 Å². The molecule has 1 heterocycles. The first kappa shape index (κ1) is 31.7. The molecule has 230 valence electrons. The summed E-state index contributed by atoms with van der Waals surface area (Å²) in [6.07, 6.45) is 1.71. The van der Waals surface area contributed by atoms with E-state index in [2.05, 4.69) is 20.9 Å². The smallest absolute Gasteiger partial charge is 0.408 e. The van der Waals surface area contributed by atoms with Gasteiger partial charge in [-0.3, -0.25) is 9.59 Å². The summed E-state index contributed by atoms with van der Waals surface area (Å²) >= 11 is 0. The van der Waals surface area contributed by atoms with Gasteiger partial charge in [-0.1, -0.05) is 55.0 Å². The number of halogens is 1. The molecule has 5 atom stereocenters. The summed E-state index contributed by atoms with van der Waals surface area (Å²) in [6.45, 7) is 1.63. The zero-order valence-electron chi connectivity index (χ0n) is 24.2. The van der Waals surface area contributed by atoms with Gasteiger partial charge in [0.05, 0.1) is 0 Å². The van der Waals surface area contributed by atoms with E-state index >= 15 is 0 Å². The molecule has 1 aliphatic rings. The lowest BCUT2D eigenvalue weighted by molar-refractivity contribution is -0.140. The fourth-order valence-corrected chi connectivity index (χ4v) is 5.49. The number of aldehydes is 1. The molecule has 10 nitrogen and oxygen atoms in total. The first-order chi connectivity index (χ1) is 20.7. The van der Waals surface area contributed by atoms with Gasteiger partial charge in [0.2, 0.25) is 5.91 Å². The number of para-hydroxylation sites is 1. The third kappa shape index (κ3) is 8.63. The number of alkyl carbamates (subject to hydrolysis) is 1. The van der Waals surface area contributed by atoms with Crippen molar-refractivity contribution in [3.63, 3.8) is 0 Å². The lowest BCUT2D eigenvalue weighted by Gasteiger charge is -2.33. The van der Waals surface area contributed by atoms with Crippen LogP contribution >= 0.6 is 0 Å². The molecule has 1 saturated carbocycles. The average molecular weight is 595 g/mol. The Balaban J connectivity index is 1.58. The Morgan fingerprint density at radius 2 is 1.84 bits per heavy atom. The van der Waals surface area contributed by atoms with Gasteiger partial charge in [0, 0.05) is 42.5 Å². The van der Waals surface area contributed by atoms with Gasteiger partial charge < -0.3 is 35.6 Å². The molecule has 2 aromatic carbocycles. The van der Waals surface area contributed by atoms with Crippen LogP contribution in [0, 0.1) is 0 Å². The summed E-state index contributed by atoms with van der Waals surface area (Å²) < 4.78 is 19.9. The molecule has 0 spiro atoms. The van der Waals surface area contributed by atoms with Gasteiger partial charge >= 0.3 is 12.1 Å². The van der Waals surface area contributed by atoms with Gasteiger partial charge in [-0.15, -0.1) is 0 Å². The largest absolute Gasteiger partial charge is 0.480 e. The molecule has 5 N–H and O–H groups in total. The highest BCUT2D eigenvalue weighted by Gasteiger charge is 2.39. The van der Waals surface area contributed by atoms with E-state index in [1.807, 2.05) is 54.6 Å². The van der Waals surface area contributed by atoms with Crippen molar-refractivity contribution in [3.05, 3.63) is 71.9 Å². The van der Waals surface area contributed by atoms with E-state index in [1.165, 1.54) is 0 Å². The van der Waals surface area contributed by atoms with Crippen LogP contribution < -0.4 is 16.0 Å². The third-order valence-corrected chi connectivity index (χ3v) is 7.88.